The quantitative estimate of drug-likeness (QED) is 0.144. The molecule has 0 saturated carbocycles. The van der Waals surface area contributed by atoms with Crippen LogP contribution in [0.2, 0.25) is 0 Å². The van der Waals surface area contributed by atoms with Crippen molar-refractivity contribution < 1.29 is 19.0 Å². The Kier molecular flexibility index (Phi) is 9.55. The second kappa shape index (κ2) is 12.8. The fourth-order valence-electron chi connectivity index (χ4n) is 3.59. The molecule has 8 heteroatoms. The van der Waals surface area contributed by atoms with E-state index in [4.69, 9.17) is 14.2 Å². The van der Waals surface area contributed by atoms with Gasteiger partial charge in [0.05, 0.1) is 12.8 Å². The Morgan fingerprint density at radius 1 is 1.11 bits per heavy atom. The summed E-state index contributed by atoms with van der Waals surface area (Å²) in [5, 5.41) is 8.03. The molecule has 1 aromatic heterocycles. The molecule has 8 nitrogen and oxygen atoms in total. The SMILES string of the molecule is CCCCOc1cc(OCOCC)c(C(C)C)cc1/C=N/NC(=O)Nc1ccc2c(ccn2C)c1. The summed E-state index contributed by atoms with van der Waals surface area (Å²) in [5.74, 6) is 1.58. The van der Waals surface area contributed by atoms with Crippen molar-refractivity contribution in [3.63, 3.8) is 0 Å². The summed E-state index contributed by atoms with van der Waals surface area (Å²) in [6, 6.07) is 11.2. The molecule has 0 aliphatic heterocycles. The van der Waals surface area contributed by atoms with E-state index >= 15 is 0 Å². The first-order chi connectivity index (χ1) is 16.9. The number of aromatic nitrogens is 1. The molecule has 0 fully saturated rings. The summed E-state index contributed by atoms with van der Waals surface area (Å²) in [6.45, 7) is 9.56. The molecular weight excluding hydrogens is 444 g/mol. The number of hydrazone groups is 1. The molecule has 2 N–H and O–H groups in total. The van der Waals surface area contributed by atoms with Crippen molar-refractivity contribution in [2.75, 3.05) is 25.3 Å². The van der Waals surface area contributed by atoms with E-state index in [0.29, 0.717) is 24.7 Å². The lowest BCUT2D eigenvalue weighted by molar-refractivity contribution is 0.0216. The van der Waals surface area contributed by atoms with Crippen LogP contribution in [0.4, 0.5) is 10.5 Å². The molecule has 0 saturated heterocycles. The molecule has 35 heavy (non-hydrogen) atoms. The van der Waals surface area contributed by atoms with Gasteiger partial charge in [0.15, 0.2) is 6.79 Å². The standard InChI is InChI=1S/C27H36N4O4/c1-6-8-13-34-25-16-26(35-18-33-7-2)23(19(3)4)15-21(25)17-28-30-27(32)29-22-9-10-24-20(14-22)11-12-31(24)5/h9-12,14-17,19H,6-8,13,18H2,1-5H3,(H2,29,30,32)/b28-17+. The third kappa shape index (κ3) is 7.23. The van der Waals surface area contributed by atoms with Crippen molar-refractivity contribution in [2.45, 2.75) is 46.5 Å². The number of aryl methyl sites for hydroxylation is 1. The van der Waals surface area contributed by atoms with Gasteiger partial charge in [-0.3, -0.25) is 0 Å². The number of nitrogens with one attached hydrogen (secondary N) is 2. The van der Waals surface area contributed by atoms with E-state index in [1.807, 2.05) is 61.1 Å². The van der Waals surface area contributed by atoms with Gasteiger partial charge in [0.2, 0.25) is 0 Å². The average molecular weight is 481 g/mol. The predicted molar refractivity (Wildman–Crippen MR) is 141 cm³/mol. The first kappa shape index (κ1) is 26.1. The zero-order valence-electron chi connectivity index (χ0n) is 21.3. The minimum Gasteiger partial charge on any atom is -0.493 e. The Labute approximate surface area is 207 Å². The second-order valence-corrected chi connectivity index (χ2v) is 8.56. The Morgan fingerprint density at radius 2 is 1.94 bits per heavy atom. The summed E-state index contributed by atoms with van der Waals surface area (Å²) in [7, 11) is 1.99. The summed E-state index contributed by atoms with van der Waals surface area (Å²) in [5.41, 5.74) is 6.10. The van der Waals surface area contributed by atoms with Gasteiger partial charge in [-0.1, -0.05) is 27.2 Å². The molecule has 0 bridgehead atoms. The zero-order chi connectivity index (χ0) is 25.2. The summed E-state index contributed by atoms with van der Waals surface area (Å²) >= 11 is 0. The van der Waals surface area contributed by atoms with Crippen LogP contribution in [0.1, 0.15) is 57.6 Å². The van der Waals surface area contributed by atoms with E-state index < -0.39 is 6.03 Å². The minimum atomic E-state index is -0.425. The number of anilines is 1. The number of carbonyl (C=O) groups excluding carboxylic acids is 1. The summed E-state index contributed by atoms with van der Waals surface area (Å²) < 4.78 is 19.3. The van der Waals surface area contributed by atoms with Crippen LogP contribution in [0.5, 0.6) is 11.5 Å². The molecule has 0 aliphatic rings. The van der Waals surface area contributed by atoms with Gasteiger partial charge in [-0.05, 0) is 55.2 Å². The van der Waals surface area contributed by atoms with Gasteiger partial charge in [-0.15, -0.1) is 0 Å². The number of unbranched alkanes of at least 4 members (excludes halogenated alkanes) is 1. The van der Waals surface area contributed by atoms with Crippen molar-refractivity contribution in [1.29, 1.82) is 0 Å². The average Bonchev–Trinajstić information content (AvgIpc) is 3.20. The highest BCUT2D eigenvalue weighted by atomic mass is 16.7. The number of rotatable bonds is 12. The highest BCUT2D eigenvalue weighted by Gasteiger charge is 2.14. The van der Waals surface area contributed by atoms with Crippen molar-refractivity contribution >= 4 is 28.8 Å². The van der Waals surface area contributed by atoms with Crippen molar-refractivity contribution in [2.24, 2.45) is 12.1 Å². The number of ether oxygens (including phenoxy) is 3. The molecule has 2 amide bonds. The van der Waals surface area contributed by atoms with E-state index in [0.717, 1.165) is 40.6 Å². The van der Waals surface area contributed by atoms with Crippen LogP contribution in [-0.2, 0) is 11.8 Å². The molecule has 1 heterocycles. The van der Waals surface area contributed by atoms with Gasteiger partial charge >= 0.3 is 6.03 Å². The fraction of sp³-hybridized carbons (Fsp3) is 0.407. The molecule has 2 aromatic carbocycles. The first-order valence-corrected chi connectivity index (χ1v) is 12.1. The Balaban J connectivity index is 1.74. The monoisotopic (exact) mass is 480 g/mol. The van der Waals surface area contributed by atoms with Crippen LogP contribution in [0.25, 0.3) is 10.9 Å². The van der Waals surface area contributed by atoms with E-state index in [9.17, 15) is 4.79 Å². The lowest BCUT2D eigenvalue weighted by atomic mass is 9.99. The van der Waals surface area contributed by atoms with Crippen molar-refractivity contribution in [3.05, 3.63) is 53.7 Å². The normalized spacial score (nSPS) is 11.4. The lowest BCUT2D eigenvalue weighted by Gasteiger charge is -2.18. The first-order valence-electron chi connectivity index (χ1n) is 12.1. The zero-order valence-corrected chi connectivity index (χ0v) is 21.3. The Bertz CT molecular complexity index is 1150. The van der Waals surface area contributed by atoms with Gasteiger partial charge in [-0.25, -0.2) is 10.2 Å². The fourth-order valence-corrected chi connectivity index (χ4v) is 3.59. The van der Waals surface area contributed by atoms with Gasteiger partial charge in [0.25, 0.3) is 0 Å². The van der Waals surface area contributed by atoms with Gasteiger partial charge in [0, 0.05) is 48.1 Å². The largest absolute Gasteiger partial charge is 0.493 e. The number of hydrogen-bond acceptors (Lipinski definition) is 5. The molecule has 0 unspecified atom stereocenters. The maximum Gasteiger partial charge on any atom is 0.339 e. The number of urea groups is 1. The number of fused-ring (bicyclic) bond motifs is 1. The van der Waals surface area contributed by atoms with Crippen LogP contribution >= 0.6 is 0 Å². The van der Waals surface area contributed by atoms with Crippen LogP contribution in [-0.4, -0.2) is 36.8 Å². The van der Waals surface area contributed by atoms with Crippen molar-refractivity contribution in [1.82, 2.24) is 9.99 Å². The summed E-state index contributed by atoms with van der Waals surface area (Å²) in [4.78, 5) is 12.4. The highest BCUT2D eigenvalue weighted by Crippen LogP contribution is 2.33. The molecule has 0 atom stereocenters. The molecule has 188 valence electrons. The molecule has 0 spiro atoms. The topological polar surface area (TPSA) is 86.1 Å². The van der Waals surface area contributed by atoms with Crippen LogP contribution in [0, 0.1) is 0 Å². The van der Waals surface area contributed by atoms with Gasteiger partial charge < -0.3 is 24.1 Å². The van der Waals surface area contributed by atoms with Gasteiger partial charge in [-0.2, -0.15) is 5.10 Å². The Morgan fingerprint density at radius 3 is 2.69 bits per heavy atom. The molecular formula is C27H36N4O4. The summed E-state index contributed by atoms with van der Waals surface area (Å²) in [6.07, 6.45) is 5.54. The van der Waals surface area contributed by atoms with E-state index in [-0.39, 0.29) is 12.7 Å². The van der Waals surface area contributed by atoms with E-state index in [1.165, 1.54) is 0 Å². The van der Waals surface area contributed by atoms with Crippen LogP contribution in [0.15, 0.2) is 47.7 Å². The van der Waals surface area contributed by atoms with E-state index in [1.54, 1.807) is 6.21 Å². The number of hydrogen-bond donors (Lipinski definition) is 2. The van der Waals surface area contributed by atoms with Crippen molar-refractivity contribution in [3.8, 4) is 11.5 Å². The van der Waals surface area contributed by atoms with Gasteiger partial charge in [0.1, 0.15) is 11.5 Å². The third-order valence-corrected chi connectivity index (χ3v) is 5.53. The third-order valence-electron chi connectivity index (χ3n) is 5.53. The smallest absolute Gasteiger partial charge is 0.339 e. The number of amides is 2. The molecule has 3 rings (SSSR count). The van der Waals surface area contributed by atoms with E-state index in [2.05, 4.69) is 36.6 Å². The maximum absolute atomic E-state index is 12.4. The number of benzene rings is 2. The number of carbonyl (C=O) groups is 1. The Hall–Kier alpha value is -3.52. The van der Waals surface area contributed by atoms with Crippen LogP contribution < -0.4 is 20.2 Å². The lowest BCUT2D eigenvalue weighted by Crippen LogP contribution is -2.24. The van der Waals surface area contributed by atoms with Crippen LogP contribution in [0.3, 0.4) is 0 Å². The highest BCUT2D eigenvalue weighted by molar-refractivity contribution is 5.94. The number of nitrogens with zero attached hydrogens (tertiary/aromatic N) is 2. The molecule has 0 aliphatic carbocycles. The second-order valence-electron chi connectivity index (χ2n) is 8.56. The molecule has 3 aromatic rings. The maximum atomic E-state index is 12.4. The minimum absolute atomic E-state index is 0.175. The molecule has 0 radical (unpaired) electrons. The predicted octanol–water partition coefficient (Wildman–Crippen LogP) is 6.01.